The number of thiazole rings is 1. The second-order valence-electron chi connectivity index (χ2n) is 7.11. The standard InChI is InChI=1S/C20H20ClN3O3S2/c1-13-7-9-15(10-8-13)29(26,27)24-11-3-4-14(12-24)19(25)23-20-22-18-16(21)5-2-6-17(18)28-20/h2,5-10,14H,3-4,11-12H2,1H3,(H,22,23,25). The maximum Gasteiger partial charge on any atom is 0.243 e. The number of carbonyl (C=O) groups is 1. The minimum absolute atomic E-state index is 0.160. The molecule has 152 valence electrons. The second kappa shape index (κ2) is 8.02. The summed E-state index contributed by atoms with van der Waals surface area (Å²) in [7, 11) is -3.62. The highest BCUT2D eigenvalue weighted by Crippen LogP contribution is 2.31. The molecule has 1 aliphatic rings. The molecule has 1 N–H and O–H groups in total. The van der Waals surface area contributed by atoms with Gasteiger partial charge in [0.1, 0.15) is 5.52 Å². The second-order valence-corrected chi connectivity index (χ2v) is 10.5. The fraction of sp³-hybridized carbons (Fsp3) is 0.300. The van der Waals surface area contributed by atoms with E-state index in [2.05, 4.69) is 10.3 Å². The summed E-state index contributed by atoms with van der Waals surface area (Å²) < 4.78 is 28.2. The molecule has 4 rings (SSSR count). The molecule has 29 heavy (non-hydrogen) atoms. The first-order valence-electron chi connectivity index (χ1n) is 9.27. The van der Waals surface area contributed by atoms with E-state index in [4.69, 9.17) is 11.6 Å². The van der Waals surface area contributed by atoms with Crippen LogP contribution in [0.15, 0.2) is 47.4 Å². The predicted octanol–water partition coefficient (Wildman–Crippen LogP) is 4.30. The summed E-state index contributed by atoms with van der Waals surface area (Å²) in [6, 6.07) is 12.3. The first-order valence-corrected chi connectivity index (χ1v) is 11.9. The van der Waals surface area contributed by atoms with E-state index in [0.717, 1.165) is 10.3 Å². The predicted molar refractivity (Wildman–Crippen MR) is 116 cm³/mol. The Bertz CT molecular complexity index is 1160. The molecule has 1 amide bonds. The van der Waals surface area contributed by atoms with Gasteiger partial charge in [0.25, 0.3) is 0 Å². The van der Waals surface area contributed by atoms with Gasteiger partial charge in [0, 0.05) is 13.1 Å². The summed E-state index contributed by atoms with van der Waals surface area (Å²) in [5, 5.41) is 3.84. The average molecular weight is 450 g/mol. The zero-order valence-electron chi connectivity index (χ0n) is 15.8. The Morgan fingerprint density at radius 2 is 2.00 bits per heavy atom. The topological polar surface area (TPSA) is 79.4 Å². The van der Waals surface area contributed by atoms with Crippen LogP contribution >= 0.6 is 22.9 Å². The SMILES string of the molecule is Cc1ccc(S(=O)(=O)N2CCCC(C(=O)Nc3nc4c(Cl)cccc4s3)C2)cc1. The molecule has 0 radical (unpaired) electrons. The summed E-state index contributed by atoms with van der Waals surface area (Å²) in [5.74, 6) is -0.643. The van der Waals surface area contributed by atoms with E-state index in [-0.39, 0.29) is 17.3 Å². The summed E-state index contributed by atoms with van der Waals surface area (Å²) in [6.45, 7) is 2.48. The molecule has 0 bridgehead atoms. The molecule has 1 aromatic heterocycles. The number of nitrogens with zero attached hydrogens (tertiary/aromatic N) is 2. The van der Waals surface area contributed by atoms with Gasteiger partial charge in [-0.3, -0.25) is 4.79 Å². The summed E-state index contributed by atoms with van der Waals surface area (Å²) in [6.07, 6.45) is 1.27. The molecule has 1 unspecified atom stereocenters. The lowest BCUT2D eigenvalue weighted by molar-refractivity contribution is -0.120. The molecule has 1 atom stereocenters. The molecular weight excluding hydrogens is 430 g/mol. The van der Waals surface area contributed by atoms with Crippen LogP contribution in [0.2, 0.25) is 5.02 Å². The Hall–Kier alpha value is -2.00. The monoisotopic (exact) mass is 449 g/mol. The molecule has 0 aliphatic carbocycles. The van der Waals surface area contributed by atoms with Gasteiger partial charge < -0.3 is 5.32 Å². The largest absolute Gasteiger partial charge is 0.302 e. The maximum atomic E-state index is 12.9. The number of para-hydroxylation sites is 1. The van der Waals surface area contributed by atoms with Crippen molar-refractivity contribution in [3.8, 4) is 0 Å². The van der Waals surface area contributed by atoms with Crippen LogP contribution in [0.3, 0.4) is 0 Å². The molecule has 1 saturated heterocycles. The number of amides is 1. The van der Waals surface area contributed by atoms with Crippen molar-refractivity contribution in [3.05, 3.63) is 53.1 Å². The molecule has 9 heteroatoms. The van der Waals surface area contributed by atoms with Gasteiger partial charge in [-0.15, -0.1) is 0 Å². The van der Waals surface area contributed by atoms with Crippen molar-refractivity contribution in [2.45, 2.75) is 24.7 Å². The van der Waals surface area contributed by atoms with Gasteiger partial charge in [-0.2, -0.15) is 4.31 Å². The van der Waals surface area contributed by atoms with Crippen molar-refractivity contribution in [2.24, 2.45) is 5.92 Å². The third-order valence-corrected chi connectivity index (χ3v) is 8.13. The molecule has 1 aliphatic heterocycles. The highest BCUT2D eigenvalue weighted by atomic mass is 35.5. The molecular formula is C20H20ClN3O3S2. The van der Waals surface area contributed by atoms with Crippen LogP contribution in [0.4, 0.5) is 5.13 Å². The van der Waals surface area contributed by atoms with Crippen molar-refractivity contribution in [2.75, 3.05) is 18.4 Å². The number of rotatable bonds is 4. The molecule has 0 saturated carbocycles. The minimum Gasteiger partial charge on any atom is -0.302 e. The number of sulfonamides is 1. The lowest BCUT2D eigenvalue weighted by atomic mass is 9.99. The summed E-state index contributed by atoms with van der Waals surface area (Å²) in [5.41, 5.74) is 1.65. The number of anilines is 1. The van der Waals surface area contributed by atoms with E-state index in [1.54, 1.807) is 30.3 Å². The minimum atomic E-state index is -3.62. The fourth-order valence-electron chi connectivity index (χ4n) is 3.41. The van der Waals surface area contributed by atoms with Crippen LogP contribution in [0.1, 0.15) is 18.4 Å². The summed E-state index contributed by atoms with van der Waals surface area (Å²) in [4.78, 5) is 17.4. The number of hydrogen-bond donors (Lipinski definition) is 1. The Morgan fingerprint density at radius 1 is 1.24 bits per heavy atom. The van der Waals surface area contributed by atoms with E-state index < -0.39 is 15.9 Å². The van der Waals surface area contributed by atoms with E-state index in [1.165, 1.54) is 15.6 Å². The number of nitrogens with one attached hydrogen (secondary N) is 1. The maximum absolute atomic E-state index is 12.9. The number of fused-ring (bicyclic) bond motifs is 1. The normalized spacial score (nSPS) is 18.1. The van der Waals surface area contributed by atoms with Gasteiger partial charge in [-0.25, -0.2) is 13.4 Å². The number of piperidine rings is 1. The van der Waals surface area contributed by atoms with Crippen molar-refractivity contribution >= 4 is 54.2 Å². The van der Waals surface area contributed by atoms with Crippen LogP contribution in [0.25, 0.3) is 10.2 Å². The molecule has 0 spiro atoms. The van der Waals surface area contributed by atoms with E-state index in [9.17, 15) is 13.2 Å². The van der Waals surface area contributed by atoms with E-state index in [0.29, 0.717) is 35.1 Å². The number of carbonyl (C=O) groups excluding carboxylic acids is 1. The van der Waals surface area contributed by atoms with Crippen molar-refractivity contribution in [1.82, 2.24) is 9.29 Å². The first-order chi connectivity index (χ1) is 13.8. The van der Waals surface area contributed by atoms with E-state index >= 15 is 0 Å². The molecule has 2 aromatic carbocycles. The fourth-order valence-corrected chi connectivity index (χ4v) is 6.10. The number of aromatic nitrogens is 1. The van der Waals surface area contributed by atoms with Crippen LogP contribution in [-0.4, -0.2) is 36.7 Å². The van der Waals surface area contributed by atoms with Crippen LogP contribution in [-0.2, 0) is 14.8 Å². The molecule has 3 aromatic rings. The Morgan fingerprint density at radius 3 is 2.72 bits per heavy atom. The first kappa shape index (κ1) is 20.3. The van der Waals surface area contributed by atoms with Crippen molar-refractivity contribution < 1.29 is 13.2 Å². The van der Waals surface area contributed by atoms with Crippen LogP contribution in [0, 0.1) is 12.8 Å². The Balaban J connectivity index is 1.49. The molecule has 2 heterocycles. The Labute approximate surface area is 178 Å². The highest BCUT2D eigenvalue weighted by molar-refractivity contribution is 7.89. The van der Waals surface area contributed by atoms with Gasteiger partial charge in [0.2, 0.25) is 15.9 Å². The average Bonchev–Trinajstić information content (AvgIpc) is 3.12. The molecule has 6 nitrogen and oxygen atoms in total. The quantitative estimate of drug-likeness (QED) is 0.644. The van der Waals surface area contributed by atoms with Gasteiger partial charge in [0.15, 0.2) is 5.13 Å². The lowest BCUT2D eigenvalue weighted by Gasteiger charge is -2.31. The van der Waals surface area contributed by atoms with E-state index in [1.807, 2.05) is 19.1 Å². The molecule has 1 fully saturated rings. The van der Waals surface area contributed by atoms with Crippen LogP contribution < -0.4 is 5.32 Å². The Kier molecular flexibility index (Phi) is 5.61. The van der Waals surface area contributed by atoms with Crippen molar-refractivity contribution in [3.63, 3.8) is 0 Å². The van der Waals surface area contributed by atoms with Gasteiger partial charge in [0.05, 0.1) is 20.5 Å². The van der Waals surface area contributed by atoms with Crippen molar-refractivity contribution in [1.29, 1.82) is 0 Å². The van der Waals surface area contributed by atoms with Gasteiger partial charge in [-0.05, 0) is 44.0 Å². The summed E-state index contributed by atoms with van der Waals surface area (Å²) >= 11 is 7.50. The highest BCUT2D eigenvalue weighted by Gasteiger charge is 2.33. The third kappa shape index (κ3) is 4.16. The lowest BCUT2D eigenvalue weighted by Crippen LogP contribution is -2.43. The smallest absolute Gasteiger partial charge is 0.243 e. The van der Waals surface area contributed by atoms with Crippen LogP contribution in [0.5, 0.6) is 0 Å². The van der Waals surface area contributed by atoms with Gasteiger partial charge >= 0.3 is 0 Å². The number of benzene rings is 2. The zero-order valence-corrected chi connectivity index (χ0v) is 18.1. The zero-order chi connectivity index (χ0) is 20.6. The number of hydrogen-bond acceptors (Lipinski definition) is 5. The van der Waals surface area contributed by atoms with Gasteiger partial charge in [-0.1, -0.05) is 46.7 Å². The number of halogens is 1. The third-order valence-electron chi connectivity index (χ3n) is 5.01. The number of aryl methyl sites for hydroxylation is 1.